The van der Waals surface area contributed by atoms with Gasteiger partial charge in [-0.05, 0) is 19.3 Å². The van der Waals surface area contributed by atoms with Crippen molar-refractivity contribution < 1.29 is 9.90 Å². The van der Waals surface area contributed by atoms with Crippen molar-refractivity contribution in [3.05, 3.63) is 0 Å². The average molecular weight is 256 g/mol. The van der Waals surface area contributed by atoms with Crippen molar-refractivity contribution >= 4 is 6.29 Å². The molecule has 1 N–H and O–H groups in total. The summed E-state index contributed by atoms with van der Waals surface area (Å²) in [6, 6.07) is 0. The third-order valence-corrected chi connectivity index (χ3v) is 3.48. The fourth-order valence-electron chi connectivity index (χ4n) is 2.32. The summed E-state index contributed by atoms with van der Waals surface area (Å²) in [7, 11) is 0. The Hall–Kier alpha value is -0.370. The molecule has 0 aromatic rings. The van der Waals surface area contributed by atoms with E-state index in [4.69, 9.17) is 0 Å². The predicted molar refractivity (Wildman–Crippen MR) is 77.8 cm³/mol. The van der Waals surface area contributed by atoms with Crippen molar-refractivity contribution in [3.8, 4) is 0 Å². The van der Waals surface area contributed by atoms with E-state index < -0.39 is 0 Å². The number of carbonyl (C=O) groups is 1. The summed E-state index contributed by atoms with van der Waals surface area (Å²) in [5, 5.41) is 9.57. The summed E-state index contributed by atoms with van der Waals surface area (Å²) in [5.74, 6) is 0. The van der Waals surface area contributed by atoms with E-state index in [0.717, 1.165) is 38.4 Å². The van der Waals surface area contributed by atoms with Crippen LogP contribution in [0.1, 0.15) is 90.4 Å². The van der Waals surface area contributed by atoms with Crippen LogP contribution < -0.4 is 0 Å². The summed E-state index contributed by atoms with van der Waals surface area (Å²) < 4.78 is 0. The maximum Gasteiger partial charge on any atom is 0.119 e. The lowest BCUT2D eigenvalue weighted by molar-refractivity contribution is -0.107. The second kappa shape index (κ2) is 14.7. The third-order valence-electron chi connectivity index (χ3n) is 3.48. The lowest BCUT2D eigenvalue weighted by Crippen LogP contribution is -2.04. The SMILES string of the molecule is CCCC(O)CCCCCCCCCCCC=O. The van der Waals surface area contributed by atoms with E-state index in [1.165, 1.54) is 51.4 Å². The molecular formula is C16H32O2. The van der Waals surface area contributed by atoms with E-state index in [-0.39, 0.29) is 6.10 Å². The Morgan fingerprint density at radius 1 is 0.833 bits per heavy atom. The Kier molecular flexibility index (Phi) is 14.4. The number of carbonyl (C=O) groups excluding carboxylic acids is 1. The van der Waals surface area contributed by atoms with Gasteiger partial charge in [-0.25, -0.2) is 0 Å². The van der Waals surface area contributed by atoms with E-state index in [1.54, 1.807) is 0 Å². The van der Waals surface area contributed by atoms with Gasteiger partial charge in [-0.2, -0.15) is 0 Å². The smallest absolute Gasteiger partial charge is 0.119 e. The quantitative estimate of drug-likeness (QED) is 0.363. The van der Waals surface area contributed by atoms with Gasteiger partial charge in [0.05, 0.1) is 6.10 Å². The van der Waals surface area contributed by atoms with Gasteiger partial charge in [0.15, 0.2) is 0 Å². The van der Waals surface area contributed by atoms with Gasteiger partial charge >= 0.3 is 0 Å². The molecule has 0 saturated carbocycles. The molecule has 0 aliphatic carbocycles. The predicted octanol–water partition coefficient (Wildman–Crippen LogP) is 4.64. The Balaban J connectivity index is 3.00. The number of unbranched alkanes of at least 4 members (excludes halogenated alkanes) is 9. The molecule has 0 aromatic carbocycles. The lowest BCUT2D eigenvalue weighted by Gasteiger charge is -2.08. The Morgan fingerprint density at radius 3 is 1.83 bits per heavy atom. The van der Waals surface area contributed by atoms with E-state index >= 15 is 0 Å². The maximum absolute atomic E-state index is 10.1. The van der Waals surface area contributed by atoms with Crippen LogP contribution in [0.5, 0.6) is 0 Å². The molecule has 0 bridgehead atoms. The summed E-state index contributed by atoms with van der Waals surface area (Å²) in [5.41, 5.74) is 0. The van der Waals surface area contributed by atoms with E-state index in [9.17, 15) is 9.90 Å². The van der Waals surface area contributed by atoms with Gasteiger partial charge in [0.2, 0.25) is 0 Å². The second-order valence-electron chi connectivity index (χ2n) is 5.37. The molecular weight excluding hydrogens is 224 g/mol. The Bertz CT molecular complexity index is 168. The van der Waals surface area contributed by atoms with Gasteiger partial charge in [-0.3, -0.25) is 0 Å². The van der Waals surface area contributed by atoms with Crippen LogP contribution >= 0.6 is 0 Å². The zero-order chi connectivity index (χ0) is 13.5. The minimum atomic E-state index is -0.0622. The van der Waals surface area contributed by atoms with Crippen molar-refractivity contribution in [2.24, 2.45) is 0 Å². The molecule has 0 radical (unpaired) electrons. The molecule has 0 amide bonds. The molecule has 2 heteroatoms. The number of aldehydes is 1. The molecule has 0 spiro atoms. The minimum absolute atomic E-state index is 0.0622. The van der Waals surface area contributed by atoms with Crippen LogP contribution in [0.15, 0.2) is 0 Å². The van der Waals surface area contributed by atoms with Crippen LogP contribution in [0.4, 0.5) is 0 Å². The zero-order valence-corrected chi connectivity index (χ0v) is 12.2. The van der Waals surface area contributed by atoms with Crippen LogP contribution in [0.3, 0.4) is 0 Å². The number of aliphatic hydroxyl groups excluding tert-OH is 1. The molecule has 0 rings (SSSR count). The summed E-state index contributed by atoms with van der Waals surface area (Å²) in [4.78, 5) is 10.1. The van der Waals surface area contributed by atoms with Crippen LogP contribution in [-0.4, -0.2) is 17.5 Å². The molecule has 0 fully saturated rings. The Labute approximate surface area is 113 Å². The van der Waals surface area contributed by atoms with E-state index in [1.807, 2.05) is 0 Å². The van der Waals surface area contributed by atoms with Crippen LogP contribution in [0.25, 0.3) is 0 Å². The molecule has 1 unspecified atom stereocenters. The molecule has 108 valence electrons. The fraction of sp³-hybridized carbons (Fsp3) is 0.938. The molecule has 0 aliphatic rings. The zero-order valence-electron chi connectivity index (χ0n) is 12.2. The number of hydrogen-bond donors (Lipinski definition) is 1. The van der Waals surface area contributed by atoms with Crippen LogP contribution in [0.2, 0.25) is 0 Å². The number of hydrogen-bond acceptors (Lipinski definition) is 2. The molecule has 0 aromatic heterocycles. The fourth-order valence-corrected chi connectivity index (χ4v) is 2.32. The van der Waals surface area contributed by atoms with Gasteiger partial charge in [-0.1, -0.05) is 64.7 Å². The number of aliphatic hydroxyl groups is 1. The van der Waals surface area contributed by atoms with Crippen molar-refractivity contribution in [1.29, 1.82) is 0 Å². The first kappa shape index (κ1) is 17.6. The van der Waals surface area contributed by atoms with Crippen molar-refractivity contribution in [2.45, 2.75) is 96.5 Å². The lowest BCUT2D eigenvalue weighted by atomic mass is 10.0. The van der Waals surface area contributed by atoms with Gasteiger partial charge < -0.3 is 9.90 Å². The van der Waals surface area contributed by atoms with Gasteiger partial charge in [0.1, 0.15) is 6.29 Å². The van der Waals surface area contributed by atoms with E-state index in [0.29, 0.717) is 0 Å². The molecule has 0 aliphatic heterocycles. The molecule has 0 saturated heterocycles. The van der Waals surface area contributed by atoms with Crippen molar-refractivity contribution in [1.82, 2.24) is 0 Å². The largest absolute Gasteiger partial charge is 0.393 e. The standard InChI is InChI=1S/C16H32O2/c1-2-13-16(18)14-11-9-7-5-3-4-6-8-10-12-15-17/h15-16,18H,2-14H2,1H3. The molecule has 1 atom stereocenters. The first-order valence-electron chi connectivity index (χ1n) is 7.93. The third kappa shape index (κ3) is 13.7. The highest BCUT2D eigenvalue weighted by Gasteiger charge is 2.01. The topological polar surface area (TPSA) is 37.3 Å². The molecule has 18 heavy (non-hydrogen) atoms. The first-order chi connectivity index (χ1) is 8.81. The molecule has 2 nitrogen and oxygen atoms in total. The Morgan fingerprint density at radius 2 is 1.33 bits per heavy atom. The summed E-state index contributed by atoms with van der Waals surface area (Å²) >= 11 is 0. The highest BCUT2D eigenvalue weighted by atomic mass is 16.3. The highest BCUT2D eigenvalue weighted by Crippen LogP contribution is 2.13. The van der Waals surface area contributed by atoms with E-state index in [2.05, 4.69) is 6.92 Å². The van der Waals surface area contributed by atoms with Crippen molar-refractivity contribution in [2.75, 3.05) is 0 Å². The van der Waals surface area contributed by atoms with Gasteiger partial charge in [-0.15, -0.1) is 0 Å². The second-order valence-corrected chi connectivity index (χ2v) is 5.37. The highest BCUT2D eigenvalue weighted by molar-refractivity contribution is 5.48. The van der Waals surface area contributed by atoms with Crippen LogP contribution in [-0.2, 0) is 4.79 Å². The van der Waals surface area contributed by atoms with Crippen molar-refractivity contribution in [3.63, 3.8) is 0 Å². The monoisotopic (exact) mass is 256 g/mol. The molecule has 0 heterocycles. The average Bonchev–Trinajstić information content (AvgIpc) is 2.36. The summed E-state index contributed by atoms with van der Waals surface area (Å²) in [6.45, 7) is 2.12. The van der Waals surface area contributed by atoms with Crippen LogP contribution in [0, 0.1) is 0 Å². The maximum atomic E-state index is 10.1. The summed E-state index contributed by atoms with van der Waals surface area (Å²) in [6.07, 6.45) is 16.0. The van der Waals surface area contributed by atoms with Gasteiger partial charge in [0.25, 0.3) is 0 Å². The number of rotatable bonds is 14. The first-order valence-corrected chi connectivity index (χ1v) is 7.93. The minimum Gasteiger partial charge on any atom is -0.393 e. The normalized spacial score (nSPS) is 12.6. The van der Waals surface area contributed by atoms with Gasteiger partial charge in [0, 0.05) is 6.42 Å².